The number of rotatable bonds is 5. The predicted molar refractivity (Wildman–Crippen MR) is 104 cm³/mol. The number of amides is 1. The van der Waals surface area contributed by atoms with Crippen LogP contribution in [0.4, 0.5) is 0 Å². The third-order valence-corrected chi connectivity index (χ3v) is 4.78. The van der Waals surface area contributed by atoms with E-state index in [1.807, 2.05) is 0 Å². The first kappa shape index (κ1) is 20.1. The van der Waals surface area contributed by atoms with E-state index >= 15 is 0 Å². The summed E-state index contributed by atoms with van der Waals surface area (Å²) in [7, 11) is 0. The SMILES string of the molecule is CC(=NNC(=O)COc1cc(Cl)c(Cl)cc1Cl)c1ccc(Cl)c(Cl)c1. The van der Waals surface area contributed by atoms with Crippen LogP contribution in [0.3, 0.4) is 0 Å². The summed E-state index contributed by atoms with van der Waals surface area (Å²) < 4.78 is 5.31. The van der Waals surface area contributed by atoms with Crippen molar-refractivity contribution in [3.05, 3.63) is 61.0 Å². The first-order valence-corrected chi connectivity index (χ1v) is 8.73. The zero-order chi connectivity index (χ0) is 18.6. The molecule has 0 spiro atoms. The number of hydrogen-bond donors (Lipinski definition) is 1. The molecule has 2 aromatic rings. The highest BCUT2D eigenvalue weighted by atomic mass is 35.5. The zero-order valence-electron chi connectivity index (χ0n) is 12.7. The molecule has 0 heterocycles. The summed E-state index contributed by atoms with van der Waals surface area (Å²) in [4.78, 5) is 11.8. The quantitative estimate of drug-likeness (QED) is 0.359. The lowest BCUT2D eigenvalue weighted by Crippen LogP contribution is -2.25. The van der Waals surface area contributed by atoms with Gasteiger partial charge >= 0.3 is 0 Å². The summed E-state index contributed by atoms with van der Waals surface area (Å²) in [6.07, 6.45) is 0. The average Bonchev–Trinajstić information content (AvgIpc) is 2.57. The van der Waals surface area contributed by atoms with Gasteiger partial charge in [-0.15, -0.1) is 0 Å². The fourth-order valence-corrected chi connectivity index (χ4v) is 2.61. The molecule has 0 bridgehead atoms. The third kappa shape index (κ3) is 5.66. The largest absolute Gasteiger partial charge is 0.482 e. The molecule has 0 aliphatic rings. The van der Waals surface area contributed by atoms with Gasteiger partial charge in [-0.25, -0.2) is 5.43 Å². The number of benzene rings is 2. The van der Waals surface area contributed by atoms with Gasteiger partial charge in [0.1, 0.15) is 5.75 Å². The van der Waals surface area contributed by atoms with Crippen LogP contribution < -0.4 is 10.2 Å². The summed E-state index contributed by atoms with van der Waals surface area (Å²) in [6.45, 7) is 1.42. The van der Waals surface area contributed by atoms with Crippen LogP contribution in [0.25, 0.3) is 0 Å². The number of ether oxygens (including phenoxy) is 1. The van der Waals surface area contributed by atoms with E-state index in [2.05, 4.69) is 10.5 Å². The van der Waals surface area contributed by atoms with Crippen molar-refractivity contribution in [1.29, 1.82) is 0 Å². The van der Waals surface area contributed by atoms with Crippen molar-refractivity contribution < 1.29 is 9.53 Å². The minimum Gasteiger partial charge on any atom is -0.482 e. The number of carbonyl (C=O) groups is 1. The number of halogens is 5. The Morgan fingerprint density at radius 2 is 1.60 bits per heavy atom. The lowest BCUT2D eigenvalue weighted by atomic mass is 10.1. The van der Waals surface area contributed by atoms with Gasteiger partial charge in [-0.2, -0.15) is 5.10 Å². The van der Waals surface area contributed by atoms with Crippen molar-refractivity contribution in [1.82, 2.24) is 5.43 Å². The molecule has 1 N–H and O–H groups in total. The minimum atomic E-state index is -0.471. The minimum absolute atomic E-state index is 0.247. The van der Waals surface area contributed by atoms with Gasteiger partial charge in [0.05, 0.1) is 30.8 Å². The standard InChI is InChI=1S/C16H11Cl5N2O2/c1-8(9-2-3-10(17)11(18)4-9)22-23-16(24)7-25-15-6-13(20)12(19)5-14(15)21/h2-6H,7H2,1H3,(H,23,24). The van der Waals surface area contributed by atoms with Crippen molar-refractivity contribution in [3.63, 3.8) is 0 Å². The van der Waals surface area contributed by atoms with E-state index in [-0.39, 0.29) is 22.4 Å². The van der Waals surface area contributed by atoms with Gasteiger partial charge < -0.3 is 4.74 Å². The summed E-state index contributed by atoms with van der Waals surface area (Å²) >= 11 is 29.5. The first-order chi connectivity index (χ1) is 11.8. The Kier molecular flexibility index (Phi) is 7.23. The molecular weight excluding hydrogens is 429 g/mol. The first-order valence-electron chi connectivity index (χ1n) is 6.84. The van der Waals surface area contributed by atoms with E-state index in [0.29, 0.717) is 20.8 Å². The highest BCUT2D eigenvalue weighted by Gasteiger charge is 2.10. The van der Waals surface area contributed by atoms with E-state index < -0.39 is 5.91 Å². The van der Waals surface area contributed by atoms with Crippen molar-refractivity contribution in [2.45, 2.75) is 6.92 Å². The van der Waals surface area contributed by atoms with E-state index in [1.54, 1.807) is 25.1 Å². The highest BCUT2D eigenvalue weighted by Crippen LogP contribution is 2.33. The van der Waals surface area contributed by atoms with Crippen LogP contribution in [-0.4, -0.2) is 18.2 Å². The smallest absolute Gasteiger partial charge is 0.277 e. The monoisotopic (exact) mass is 438 g/mol. The lowest BCUT2D eigenvalue weighted by Gasteiger charge is -2.09. The Balaban J connectivity index is 1.96. The van der Waals surface area contributed by atoms with Crippen molar-refractivity contribution in [2.75, 3.05) is 6.61 Å². The third-order valence-electron chi connectivity index (χ3n) is 3.02. The molecule has 2 aromatic carbocycles. The molecule has 0 fully saturated rings. The van der Waals surface area contributed by atoms with Crippen molar-refractivity contribution >= 4 is 69.6 Å². The second kappa shape index (κ2) is 8.97. The van der Waals surface area contributed by atoms with Crippen LogP contribution in [0.15, 0.2) is 35.4 Å². The van der Waals surface area contributed by atoms with E-state index in [0.717, 1.165) is 5.56 Å². The van der Waals surface area contributed by atoms with E-state index in [1.165, 1.54) is 12.1 Å². The molecule has 0 unspecified atom stereocenters. The number of nitrogens with zero attached hydrogens (tertiary/aromatic N) is 1. The topological polar surface area (TPSA) is 50.7 Å². The molecule has 0 atom stereocenters. The van der Waals surface area contributed by atoms with Gasteiger partial charge in [0.2, 0.25) is 0 Å². The van der Waals surface area contributed by atoms with Crippen LogP contribution in [-0.2, 0) is 4.79 Å². The molecule has 0 saturated carbocycles. The van der Waals surface area contributed by atoms with Crippen molar-refractivity contribution in [3.8, 4) is 5.75 Å². The molecular formula is C16H11Cl5N2O2. The Labute approximate surface area is 169 Å². The van der Waals surface area contributed by atoms with E-state index in [9.17, 15) is 4.79 Å². The number of hydrogen-bond acceptors (Lipinski definition) is 3. The summed E-state index contributed by atoms with van der Waals surface area (Å²) in [5, 5.41) is 5.64. The zero-order valence-corrected chi connectivity index (χ0v) is 16.5. The molecule has 1 amide bonds. The average molecular weight is 441 g/mol. The van der Waals surface area contributed by atoms with Crippen molar-refractivity contribution in [2.24, 2.45) is 5.10 Å². The molecule has 0 radical (unpaired) electrons. The van der Waals surface area contributed by atoms with Crippen LogP contribution in [0.2, 0.25) is 25.1 Å². The van der Waals surface area contributed by atoms with Gasteiger partial charge in [0.25, 0.3) is 5.91 Å². The van der Waals surface area contributed by atoms with E-state index in [4.69, 9.17) is 62.7 Å². The molecule has 25 heavy (non-hydrogen) atoms. The molecule has 0 aliphatic carbocycles. The Hall–Kier alpha value is -1.17. The second-order valence-electron chi connectivity index (χ2n) is 4.85. The van der Waals surface area contributed by atoms with Gasteiger partial charge in [-0.3, -0.25) is 4.79 Å². The maximum absolute atomic E-state index is 11.8. The normalized spacial score (nSPS) is 11.4. The van der Waals surface area contributed by atoms with Crippen LogP contribution in [0.5, 0.6) is 5.75 Å². The molecule has 0 aliphatic heterocycles. The molecule has 0 aromatic heterocycles. The molecule has 4 nitrogen and oxygen atoms in total. The Morgan fingerprint density at radius 3 is 2.28 bits per heavy atom. The number of hydrazone groups is 1. The van der Waals surface area contributed by atoms with Gasteiger partial charge in [-0.05, 0) is 30.7 Å². The van der Waals surface area contributed by atoms with Gasteiger partial charge in [-0.1, -0.05) is 64.1 Å². The Morgan fingerprint density at radius 1 is 0.960 bits per heavy atom. The fraction of sp³-hybridized carbons (Fsp3) is 0.125. The van der Waals surface area contributed by atoms with Crippen LogP contribution >= 0.6 is 58.0 Å². The van der Waals surface area contributed by atoms with Crippen LogP contribution in [0.1, 0.15) is 12.5 Å². The summed E-state index contributed by atoms with van der Waals surface area (Å²) in [5.41, 5.74) is 3.66. The number of nitrogens with one attached hydrogen (secondary N) is 1. The second-order valence-corrected chi connectivity index (χ2v) is 6.88. The fourth-order valence-electron chi connectivity index (χ4n) is 1.72. The predicted octanol–water partition coefficient (Wildman–Crippen LogP) is 5.87. The number of carbonyl (C=O) groups excluding carboxylic acids is 1. The molecule has 0 saturated heterocycles. The van der Waals surface area contributed by atoms with Crippen LogP contribution in [0, 0.1) is 0 Å². The van der Waals surface area contributed by atoms with Gasteiger partial charge in [0, 0.05) is 6.07 Å². The molecule has 132 valence electrons. The summed E-state index contributed by atoms with van der Waals surface area (Å²) in [5.74, 6) is -0.224. The lowest BCUT2D eigenvalue weighted by molar-refractivity contribution is -0.123. The maximum atomic E-state index is 11.8. The summed E-state index contributed by atoms with van der Waals surface area (Å²) in [6, 6.07) is 7.91. The molecule has 9 heteroatoms. The highest BCUT2D eigenvalue weighted by molar-refractivity contribution is 6.43. The maximum Gasteiger partial charge on any atom is 0.277 e. The van der Waals surface area contributed by atoms with Gasteiger partial charge in [0.15, 0.2) is 6.61 Å². The molecule has 2 rings (SSSR count). The Bertz CT molecular complexity index is 840.